The van der Waals surface area contributed by atoms with E-state index in [2.05, 4.69) is 4.72 Å². The van der Waals surface area contributed by atoms with Gasteiger partial charge < -0.3 is 5.11 Å². The van der Waals surface area contributed by atoms with Crippen LogP contribution < -0.4 is 4.72 Å². The molecule has 0 aliphatic rings. The van der Waals surface area contributed by atoms with Gasteiger partial charge in [0.1, 0.15) is 0 Å². The molecule has 2 N–H and O–H groups in total. The average molecular weight is 305 g/mol. The van der Waals surface area contributed by atoms with Gasteiger partial charge in [-0.25, -0.2) is 8.42 Å². The first-order valence-corrected chi connectivity index (χ1v) is 8.13. The molecule has 0 fully saturated rings. The van der Waals surface area contributed by atoms with Gasteiger partial charge in [0.25, 0.3) is 0 Å². The minimum atomic E-state index is -3.70. The fraction of sp³-hybridized carbons (Fsp3) is 0.250. The Kier molecular flexibility index (Phi) is 4.46. The molecule has 1 unspecified atom stereocenters. The van der Waals surface area contributed by atoms with Crippen molar-refractivity contribution in [3.8, 4) is 0 Å². The third-order valence-corrected chi connectivity index (χ3v) is 5.03. The van der Waals surface area contributed by atoms with E-state index in [9.17, 15) is 13.5 Å². The maximum atomic E-state index is 12.5. The Hall–Kier alpha value is -1.69. The molecule has 0 saturated carbocycles. The van der Waals surface area contributed by atoms with Gasteiger partial charge in [-0.1, -0.05) is 48.0 Å². The van der Waals surface area contributed by atoms with Gasteiger partial charge in [0.2, 0.25) is 10.0 Å². The van der Waals surface area contributed by atoms with Crippen LogP contribution in [0.2, 0.25) is 0 Å². The number of sulfonamides is 1. The zero-order valence-electron chi connectivity index (χ0n) is 12.1. The summed E-state index contributed by atoms with van der Waals surface area (Å²) in [6.45, 7) is 3.22. The molecular weight excluding hydrogens is 286 g/mol. The molecule has 1 atom stereocenters. The molecule has 2 rings (SSSR count). The number of hydrogen-bond donors (Lipinski definition) is 2. The molecule has 2 aromatic rings. The minimum absolute atomic E-state index is 0.184. The molecule has 2 aromatic carbocycles. The van der Waals surface area contributed by atoms with Gasteiger partial charge in [0.05, 0.1) is 17.0 Å². The molecule has 21 heavy (non-hydrogen) atoms. The van der Waals surface area contributed by atoms with Crippen LogP contribution in [-0.4, -0.2) is 20.1 Å². The highest BCUT2D eigenvalue weighted by atomic mass is 32.2. The van der Waals surface area contributed by atoms with Crippen LogP contribution >= 0.6 is 0 Å². The van der Waals surface area contributed by atoms with Crippen molar-refractivity contribution in [2.45, 2.75) is 24.3 Å². The van der Waals surface area contributed by atoms with E-state index in [1.165, 1.54) is 0 Å². The molecule has 0 bridgehead atoms. The molecular formula is C16H19NO3S. The Morgan fingerprint density at radius 1 is 1.05 bits per heavy atom. The minimum Gasteiger partial charge on any atom is -0.394 e. The van der Waals surface area contributed by atoms with E-state index in [-0.39, 0.29) is 11.5 Å². The van der Waals surface area contributed by atoms with Crippen molar-refractivity contribution in [3.63, 3.8) is 0 Å². The maximum absolute atomic E-state index is 12.5. The van der Waals surface area contributed by atoms with Crippen LogP contribution in [0.3, 0.4) is 0 Å². The van der Waals surface area contributed by atoms with Gasteiger partial charge in [-0.15, -0.1) is 0 Å². The SMILES string of the molecule is Cc1ccc(S(=O)(=O)NC(C)(CO)c2ccccc2)cc1. The molecule has 0 aliphatic carbocycles. The average Bonchev–Trinajstić information content (AvgIpc) is 2.48. The summed E-state index contributed by atoms with van der Waals surface area (Å²) in [5, 5.41) is 9.67. The monoisotopic (exact) mass is 305 g/mol. The lowest BCUT2D eigenvalue weighted by Gasteiger charge is -2.29. The van der Waals surface area contributed by atoms with Crippen LogP contribution in [0.5, 0.6) is 0 Å². The smallest absolute Gasteiger partial charge is 0.241 e. The molecule has 0 saturated heterocycles. The van der Waals surface area contributed by atoms with Gasteiger partial charge >= 0.3 is 0 Å². The summed E-state index contributed by atoms with van der Waals surface area (Å²) in [7, 11) is -3.70. The second-order valence-electron chi connectivity index (χ2n) is 5.27. The summed E-state index contributed by atoms with van der Waals surface area (Å²) < 4.78 is 27.5. The summed E-state index contributed by atoms with van der Waals surface area (Å²) in [6, 6.07) is 15.6. The second-order valence-corrected chi connectivity index (χ2v) is 6.96. The van der Waals surface area contributed by atoms with Crippen molar-refractivity contribution >= 4 is 10.0 Å². The van der Waals surface area contributed by atoms with E-state index in [0.717, 1.165) is 5.56 Å². The molecule has 0 radical (unpaired) electrons. The van der Waals surface area contributed by atoms with Crippen molar-refractivity contribution < 1.29 is 13.5 Å². The van der Waals surface area contributed by atoms with E-state index >= 15 is 0 Å². The Balaban J connectivity index is 2.35. The van der Waals surface area contributed by atoms with Gasteiger partial charge in [-0.05, 0) is 31.5 Å². The van der Waals surface area contributed by atoms with Crippen molar-refractivity contribution in [1.82, 2.24) is 4.72 Å². The summed E-state index contributed by atoms with van der Waals surface area (Å²) in [5.74, 6) is 0. The van der Waals surface area contributed by atoms with Gasteiger partial charge in [0.15, 0.2) is 0 Å². The molecule has 5 heteroatoms. The number of aliphatic hydroxyl groups is 1. The van der Waals surface area contributed by atoms with Crippen LogP contribution in [0.1, 0.15) is 18.1 Å². The number of aliphatic hydroxyl groups excluding tert-OH is 1. The summed E-state index contributed by atoms with van der Waals surface area (Å²) >= 11 is 0. The highest BCUT2D eigenvalue weighted by Gasteiger charge is 2.31. The lowest BCUT2D eigenvalue weighted by atomic mass is 9.94. The lowest BCUT2D eigenvalue weighted by Crippen LogP contribution is -2.46. The second kappa shape index (κ2) is 5.97. The fourth-order valence-electron chi connectivity index (χ4n) is 2.06. The molecule has 0 spiro atoms. The third-order valence-electron chi connectivity index (χ3n) is 3.42. The molecule has 112 valence electrons. The Morgan fingerprint density at radius 2 is 1.62 bits per heavy atom. The fourth-order valence-corrected chi connectivity index (χ4v) is 3.45. The molecule has 0 amide bonds. The maximum Gasteiger partial charge on any atom is 0.241 e. The Bertz CT molecular complexity index is 696. The molecule has 0 aromatic heterocycles. The van der Waals surface area contributed by atoms with Crippen LogP contribution in [0, 0.1) is 6.92 Å². The lowest BCUT2D eigenvalue weighted by molar-refractivity contribution is 0.196. The van der Waals surface area contributed by atoms with Crippen molar-refractivity contribution in [2.24, 2.45) is 0 Å². The largest absolute Gasteiger partial charge is 0.394 e. The van der Waals surface area contributed by atoms with Crippen molar-refractivity contribution in [2.75, 3.05) is 6.61 Å². The first-order chi connectivity index (χ1) is 9.87. The highest BCUT2D eigenvalue weighted by Crippen LogP contribution is 2.23. The Morgan fingerprint density at radius 3 is 2.14 bits per heavy atom. The zero-order chi connectivity index (χ0) is 15.5. The van der Waals surface area contributed by atoms with E-state index in [1.807, 2.05) is 25.1 Å². The van der Waals surface area contributed by atoms with Crippen LogP contribution in [0.25, 0.3) is 0 Å². The van der Waals surface area contributed by atoms with Crippen LogP contribution in [0.4, 0.5) is 0 Å². The number of rotatable bonds is 5. The predicted molar refractivity (Wildman–Crippen MR) is 82.4 cm³/mol. The molecule has 0 aliphatic heterocycles. The number of hydrogen-bond acceptors (Lipinski definition) is 3. The quantitative estimate of drug-likeness (QED) is 0.890. The molecule has 0 heterocycles. The van der Waals surface area contributed by atoms with E-state index in [4.69, 9.17) is 0 Å². The Labute approximate surface area is 125 Å². The van der Waals surface area contributed by atoms with E-state index < -0.39 is 15.6 Å². The van der Waals surface area contributed by atoms with Crippen LogP contribution in [0.15, 0.2) is 59.5 Å². The third kappa shape index (κ3) is 3.50. The van der Waals surface area contributed by atoms with Gasteiger partial charge in [0, 0.05) is 0 Å². The normalized spacial score (nSPS) is 14.6. The summed E-state index contributed by atoms with van der Waals surface area (Å²) in [6.07, 6.45) is 0. The topological polar surface area (TPSA) is 66.4 Å². The molecule has 4 nitrogen and oxygen atoms in total. The zero-order valence-corrected chi connectivity index (χ0v) is 12.9. The van der Waals surface area contributed by atoms with Crippen molar-refractivity contribution in [3.05, 3.63) is 65.7 Å². The first kappa shape index (κ1) is 15.7. The van der Waals surface area contributed by atoms with Gasteiger partial charge in [-0.3, -0.25) is 0 Å². The first-order valence-electron chi connectivity index (χ1n) is 6.64. The standard InChI is InChI=1S/C16H19NO3S/c1-13-8-10-15(11-9-13)21(19,20)17-16(2,12-18)14-6-4-3-5-7-14/h3-11,17-18H,12H2,1-2H3. The highest BCUT2D eigenvalue weighted by molar-refractivity contribution is 7.89. The van der Waals surface area contributed by atoms with E-state index in [0.29, 0.717) is 5.56 Å². The van der Waals surface area contributed by atoms with Crippen LogP contribution in [-0.2, 0) is 15.6 Å². The summed E-state index contributed by atoms with van der Waals surface area (Å²) in [5.41, 5.74) is 0.635. The van der Waals surface area contributed by atoms with E-state index in [1.54, 1.807) is 43.3 Å². The number of aryl methyl sites for hydroxylation is 1. The van der Waals surface area contributed by atoms with Crippen molar-refractivity contribution in [1.29, 1.82) is 0 Å². The predicted octanol–water partition coefficient (Wildman–Crippen LogP) is 2.18. The number of benzene rings is 2. The number of nitrogens with one attached hydrogen (secondary N) is 1. The summed E-state index contributed by atoms with van der Waals surface area (Å²) in [4.78, 5) is 0.184. The van der Waals surface area contributed by atoms with Gasteiger partial charge in [-0.2, -0.15) is 4.72 Å².